The first-order valence-corrected chi connectivity index (χ1v) is 12.5. The molecule has 2 aromatic heterocycles. The van der Waals surface area contributed by atoms with Crippen molar-refractivity contribution in [1.29, 1.82) is 0 Å². The van der Waals surface area contributed by atoms with E-state index in [1.165, 1.54) is 5.56 Å². The SMILES string of the molecule is CCN1C(=O)C(C)(C)C(=O)N(C)c2cc(CN(CCc3cccnc3)Cc3cc(C)c(C)o3)ccc21. The lowest BCUT2D eigenvalue weighted by molar-refractivity contribution is -0.137. The smallest absolute Gasteiger partial charge is 0.242 e. The van der Waals surface area contributed by atoms with Gasteiger partial charge in [-0.25, -0.2) is 0 Å². The summed E-state index contributed by atoms with van der Waals surface area (Å²) in [5.41, 5.74) is 3.81. The average Bonchev–Trinajstić information content (AvgIpc) is 3.17. The highest BCUT2D eigenvalue weighted by molar-refractivity contribution is 6.19. The van der Waals surface area contributed by atoms with Gasteiger partial charge in [0, 0.05) is 39.1 Å². The molecule has 0 bridgehead atoms. The standard InChI is InChI=1S/C29H36N4O3/c1-7-33-25-11-10-23(16-26(25)31(6)27(34)29(4,5)28(33)35)18-32(14-12-22-9-8-13-30-17-22)19-24-15-20(2)21(3)36-24/h8-11,13,15-17H,7,12,14,18-19H2,1-6H3. The molecular formula is C29H36N4O3. The second kappa shape index (κ2) is 10.3. The summed E-state index contributed by atoms with van der Waals surface area (Å²) < 4.78 is 5.98. The Morgan fingerprint density at radius 1 is 1.00 bits per heavy atom. The first-order chi connectivity index (χ1) is 17.1. The van der Waals surface area contributed by atoms with E-state index >= 15 is 0 Å². The van der Waals surface area contributed by atoms with Gasteiger partial charge in [-0.15, -0.1) is 0 Å². The van der Waals surface area contributed by atoms with Crippen LogP contribution in [0.2, 0.25) is 0 Å². The zero-order valence-electron chi connectivity index (χ0n) is 22.2. The van der Waals surface area contributed by atoms with Gasteiger partial charge in [-0.05, 0) is 82.0 Å². The van der Waals surface area contributed by atoms with E-state index in [2.05, 4.69) is 35.0 Å². The molecule has 3 aromatic rings. The number of pyridine rings is 1. The Labute approximate surface area is 213 Å². The lowest BCUT2D eigenvalue weighted by atomic mass is 9.90. The molecule has 7 nitrogen and oxygen atoms in total. The summed E-state index contributed by atoms with van der Waals surface area (Å²) in [6.45, 7) is 12.1. The van der Waals surface area contributed by atoms with Crippen LogP contribution in [0.3, 0.4) is 0 Å². The second-order valence-corrected chi connectivity index (χ2v) is 10.1. The van der Waals surface area contributed by atoms with Crippen LogP contribution in [0.1, 0.15) is 49.0 Å². The normalized spacial score (nSPS) is 15.4. The summed E-state index contributed by atoms with van der Waals surface area (Å²) in [5, 5.41) is 0. The number of rotatable bonds is 8. The summed E-state index contributed by atoms with van der Waals surface area (Å²) in [6, 6.07) is 12.2. The molecule has 0 atom stereocenters. The van der Waals surface area contributed by atoms with E-state index in [1.54, 1.807) is 36.9 Å². The maximum absolute atomic E-state index is 13.2. The highest BCUT2D eigenvalue weighted by Gasteiger charge is 2.45. The molecule has 0 spiro atoms. The first-order valence-electron chi connectivity index (χ1n) is 12.5. The topological polar surface area (TPSA) is 69.9 Å². The van der Waals surface area contributed by atoms with Crippen LogP contribution >= 0.6 is 0 Å². The van der Waals surface area contributed by atoms with Crippen molar-refractivity contribution in [1.82, 2.24) is 9.88 Å². The van der Waals surface area contributed by atoms with Crippen LogP contribution < -0.4 is 9.80 Å². The van der Waals surface area contributed by atoms with Crippen molar-refractivity contribution < 1.29 is 14.0 Å². The van der Waals surface area contributed by atoms with Crippen molar-refractivity contribution in [2.75, 3.05) is 29.9 Å². The van der Waals surface area contributed by atoms with Crippen LogP contribution in [0.25, 0.3) is 0 Å². The second-order valence-electron chi connectivity index (χ2n) is 10.1. The van der Waals surface area contributed by atoms with Gasteiger partial charge >= 0.3 is 0 Å². The van der Waals surface area contributed by atoms with Gasteiger partial charge in [0.1, 0.15) is 16.9 Å². The third-order valence-corrected chi connectivity index (χ3v) is 7.07. The van der Waals surface area contributed by atoms with E-state index in [9.17, 15) is 9.59 Å². The van der Waals surface area contributed by atoms with Crippen molar-refractivity contribution in [3.8, 4) is 0 Å². The van der Waals surface area contributed by atoms with Crippen molar-refractivity contribution >= 4 is 23.2 Å². The Bertz CT molecular complexity index is 1230. The molecule has 2 amide bonds. The highest BCUT2D eigenvalue weighted by atomic mass is 16.3. The molecule has 0 unspecified atom stereocenters. The summed E-state index contributed by atoms with van der Waals surface area (Å²) in [7, 11) is 1.76. The lowest BCUT2D eigenvalue weighted by Gasteiger charge is -2.27. The maximum Gasteiger partial charge on any atom is 0.242 e. The number of hydrogen-bond acceptors (Lipinski definition) is 5. The Balaban J connectivity index is 1.63. The molecule has 190 valence electrons. The van der Waals surface area contributed by atoms with E-state index in [4.69, 9.17) is 4.42 Å². The molecule has 4 rings (SSSR count). The largest absolute Gasteiger partial charge is 0.465 e. The molecule has 1 aliphatic rings. The van der Waals surface area contributed by atoms with Gasteiger partial charge in [0.05, 0.1) is 17.9 Å². The predicted octanol–water partition coefficient (Wildman–Crippen LogP) is 4.89. The Morgan fingerprint density at radius 2 is 1.78 bits per heavy atom. The molecule has 1 aromatic carbocycles. The zero-order chi connectivity index (χ0) is 26.0. The number of carbonyl (C=O) groups is 2. The Hall–Kier alpha value is -3.45. The molecule has 3 heterocycles. The van der Waals surface area contributed by atoms with Crippen LogP contribution in [0, 0.1) is 19.3 Å². The predicted molar refractivity (Wildman–Crippen MR) is 142 cm³/mol. The van der Waals surface area contributed by atoms with Gasteiger partial charge in [0.15, 0.2) is 0 Å². The van der Waals surface area contributed by atoms with Crippen molar-refractivity contribution in [2.45, 2.75) is 54.1 Å². The molecule has 0 saturated heterocycles. The minimum atomic E-state index is -1.12. The number of hydrogen-bond donors (Lipinski definition) is 0. The van der Waals surface area contributed by atoms with Gasteiger partial charge in [-0.1, -0.05) is 12.1 Å². The van der Waals surface area contributed by atoms with Crippen molar-refractivity contribution in [3.05, 3.63) is 77.0 Å². The summed E-state index contributed by atoms with van der Waals surface area (Å²) in [6.07, 6.45) is 4.55. The molecule has 1 aliphatic heterocycles. The first kappa shape index (κ1) is 25.6. The number of carbonyl (C=O) groups excluding carboxylic acids is 2. The molecule has 36 heavy (non-hydrogen) atoms. The minimum absolute atomic E-state index is 0.171. The molecule has 0 saturated carbocycles. The van der Waals surface area contributed by atoms with Crippen LogP contribution in [-0.2, 0) is 29.1 Å². The van der Waals surface area contributed by atoms with E-state index in [0.29, 0.717) is 19.6 Å². The Kier molecular flexibility index (Phi) is 7.31. The quantitative estimate of drug-likeness (QED) is 0.422. The number of furan rings is 1. The number of fused-ring (bicyclic) bond motifs is 1. The van der Waals surface area contributed by atoms with E-state index in [0.717, 1.165) is 47.0 Å². The lowest BCUT2D eigenvalue weighted by Crippen LogP contribution is -2.47. The molecular weight excluding hydrogens is 452 g/mol. The molecule has 0 fully saturated rings. The Morgan fingerprint density at radius 3 is 2.42 bits per heavy atom. The molecule has 0 aliphatic carbocycles. The van der Waals surface area contributed by atoms with E-state index in [1.807, 2.05) is 38.2 Å². The van der Waals surface area contributed by atoms with Crippen LogP contribution in [0.4, 0.5) is 11.4 Å². The van der Waals surface area contributed by atoms with Crippen LogP contribution in [-0.4, -0.2) is 41.8 Å². The minimum Gasteiger partial charge on any atom is -0.465 e. The fraction of sp³-hybridized carbons (Fsp3) is 0.414. The number of aromatic nitrogens is 1. The van der Waals surface area contributed by atoms with Gasteiger partial charge in [0.25, 0.3) is 0 Å². The summed E-state index contributed by atoms with van der Waals surface area (Å²) in [5.74, 6) is 1.50. The maximum atomic E-state index is 13.2. The fourth-order valence-corrected chi connectivity index (χ4v) is 4.80. The summed E-state index contributed by atoms with van der Waals surface area (Å²) >= 11 is 0. The molecule has 0 radical (unpaired) electrons. The van der Waals surface area contributed by atoms with Gasteiger partial charge in [0.2, 0.25) is 11.8 Å². The van der Waals surface area contributed by atoms with E-state index < -0.39 is 5.41 Å². The van der Waals surface area contributed by atoms with Crippen LogP contribution in [0.5, 0.6) is 0 Å². The zero-order valence-corrected chi connectivity index (χ0v) is 22.2. The number of nitrogens with zero attached hydrogens (tertiary/aromatic N) is 4. The number of amides is 2. The fourth-order valence-electron chi connectivity index (χ4n) is 4.80. The van der Waals surface area contributed by atoms with Crippen LogP contribution in [0.15, 0.2) is 53.2 Å². The van der Waals surface area contributed by atoms with Gasteiger partial charge in [-0.2, -0.15) is 0 Å². The van der Waals surface area contributed by atoms with Gasteiger partial charge < -0.3 is 14.2 Å². The average molecular weight is 489 g/mol. The molecule has 0 N–H and O–H groups in total. The number of benzene rings is 1. The van der Waals surface area contributed by atoms with Gasteiger partial charge in [-0.3, -0.25) is 19.5 Å². The monoisotopic (exact) mass is 488 g/mol. The number of aryl methyl sites for hydroxylation is 2. The van der Waals surface area contributed by atoms with E-state index in [-0.39, 0.29) is 11.8 Å². The van der Waals surface area contributed by atoms with Crippen molar-refractivity contribution in [3.63, 3.8) is 0 Å². The highest BCUT2D eigenvalue weighted by Crippen LogP contribution is 2.39. The van der Waals surface area contributed by atoms with Crippen molar-refractivity contribution in [2.24, 2.45) is 5.41 Å². The summed E-state index contributed by atoms with van der Waals surface area (Å²) in [4.78, 5) is 36.3. The third-order valence-electron chi connectivity index (χ3n) is 7.07. The number of anilines is 2. The third kappa shape index (κ3) is 5.07. The molecule has 7 heteroatoms.